The van der Waals surface area contributed by atoms with Crippen LogP contribution in [0.15, 0.2) is 12.2 Å². The van der Waals surface area contributed by atoms with Crippen LogP contribution >= 0.6 is 0 Å². The summed E-state index contributed by atoms with van der Waals surface area (Å²) in [4.78, 5) is 0. The van der Waals surface area contributed by atoms with Gasteiger partial charge in [0.05, 0.1) is 12.7 Å². The summed E-state index contributed by atoms with van der Waals surface area (Å²) in [5, 5.41) is 30.1. The van der Waals surface area contributed by atoms with Gasteiger partial charge in [-0.1, -0.05) is 129 Å². The van der Waals surface area contributed by atoms with Crippen LogP contribution in [-0.2, 0) is 0 Å². The maximum Gasteiger partial charge on any atom is 0.131 e. The molecule has 0 aromatic heterocycles. The van der Waals surface area contributed by atoms with Crippen molar-refractivity contribution in [3.05, 3.63) is 12.2 Å². The SMILES string of the molecule is CCCCC=CC(O)(CO)[C@H](O)CCCCCCCCCCCCCCCC. The normalized spacial score (nSPS) is 15.2. The van der Waals surface area contributed by atoms with Crippen LogP contribution in [0.4, 0.5) is 0 Å². The Labute approximate surface area is 175 Å². The number of unbranched alkanes of at least 4 members (excludes halogenated alkanes) is 15. The van der Waals surface area contributed by atoms with E-state index in [-0.39, 0.29) is 0 Å². The zero-order chi connectivity index (χ0) is 20.9. The van der Waals surface area contributed by atoms with E-state index >= 15 is 0 Å². The summed E-state index contributed by atoms with van der Waals surface area (Å²) in [6.07, 6.45) is 24.5. The van der Waals surface area contributed by atoms with Crippen LogP contribution in [0.1, 0.15) is 129 Å². The van der Waals surface area contributed by atoms with Crippen molar-refractivity contribution in [2.45, 2.75) is 141 Å². The smallest absolute Gasteiger partial charge is 0.131 e. The van der Waals surface area contributed by atoms with Crippen LogP contribution in [-0.4, -0.2) is 33.6 Å². The van der Waals surface area contributed by atoms with E-state index in [1.807, 2.05) is 6.08 Å². The first-order valence-electron chi connectivity index (χ1n) is 12.3. The molecule has 0 aromatic rings. The minimum absolute atomic E-state index is 0.421. The van der Waals surface area contributed by atoms with Gasteiger partial charge in [-0.25, -0.2) is 0 Å². The molecule has 0 heterocycles. The Balaban J connectivity index is 3.57. The number of aliphatic hydroxyl groups excluding tert-OH is 2. The van der Waals surface area contributed by atoms with E-state index in [4.69, 9.17) is 0 Å². The van der Waals surface area contributed by atoms with E-state index in [0.29, 0.717) is 6.42 Å². The molecule has 3 heteroatoms. The van der Waals surface area contributed by atoms with Crippen LogP contribution in [0.3, 0.4) is 0 Å². The molecular formula is C25H50O3. The average Bonchev–Trinajstić information content (AvgIpc) is 2.71. The first-order valence-corrected chi connectivity index (χ1v) is 12.3. The van der Waals surface area contributed by atoms with Crippen molar-refractivity contribution in [3.8, 4) is 0 Å². The predicted molar refractivity (Wildman–Crippen MR) is 122 cm³/mol. The molecule has 0 bridgehead atoms. The molecule has 0 aliphatic heterocycles. The van der Waals surface area contributed by atoms with E-state index in [1.165, 1.54) is 77.0 Å². The van der Waals surface area contributed by atoms with Crippen molar-refractivity contribution in [1.29, 1.82) is 0 Å². The molecule has 0 saturated carbocycles. The number of rotatable bonds is 21. The molecule has 0 fully saturated rings. The largest absolute Gasteiger partial charge is 0.393 e. The fraction of sp³-hybridized carbons (Fsp3) is 0.920. The first kappa shape index (κ1) is 27.6. The quantitative estimate of drug-likeness (QED) is 0.149. The van der Waals surface area contributed by atoms with Crippen molar-refractivity contribution in [2.24, 2.45) is 0 Å². The predicted octanol–water partition coefficient (Wildman–Crippen LogP) is 6.69. The molecule has 0 saturated heterocycles. The molecule has 0 radical (unpaired) electrons. The lowest BCUT2D eigenvalue weighted by atomic mass is 9.92. The molecule has 0 rings (SSSR count). The summed E-state index contributed by atoms with van der Waals surface area (Å²) < 4.78 is 0. The highest BCUT2D eigenvalue weighted by atomic mass is 16.4. The first-order chi connectivity index (χ1) is 13.6. The van der Waals surface area contributed by atoms with Crippen LogP contribution in [0.5, 0.6) is 0 Å². The van der Waals surface area contributed by atoms with Crippen LogP contribution in [0.2, 0.25) is 0 Å². The molecule has 1 unspecified atom stereocenters. The molecule has 3 nitrogen and oxygen atoms in total. The summed E-state index contributed by atoms with van der Waals surface area (Å²) in [6, 6.07) is 0. The minimum Gasteiger partial charge on any atom is -0.393 e. The fourth-order valence-corrected chi connectivity index (χ4v) is 3.66. The van der Waals surface area contributed by atoms with Crippen LogP contribution in [0.25, 0.3) is 0 Å². The van der Waals surface area contributed by atoms with Crippen molar-refractivity contribution < 1.29 is 15.3 Å². The topological polar surface area (TPSA) is 60.7 Å². The van der Waals surface area contributed by atoms with Crippen LogP contribution in [0, 0.1) is 0 Å². The molecule has 0 aromatic carbocycles. The molecule has 28 heavy (non-hydrogen) atoms. The van der Waals surface area contributed by atoms with Crippen LogP contribution < -0.4 is 0 Å². The Kier molecular flexibility index (Phi) is 19.6. The summed E-state index contributed by atoms with van der Waals surface area (Å²) in [5.41, 5.74) is -1.48. The lowest BCUT2D eigenvalue weighted by molar-refractivity contribution is -0.0747. The molecule has 0 aliphatic carbocycles. The molecule has 2 atom stereocenters. The fourth-order valence-electron chi connectivity index (χ4n) is 3.66. The third kappa shape index (κ3) is 15.5. The Bertz CT molecular complexity index is 343. The van der Waals surface area contributed by atoms with Gasteiger partial charge in [-0.3, -0.25) is 0 Å². The van der Waals surface area contributed by atoms with E-state index in [0.717, 1.165) is 32.1 Å². The lowest BCUT2D eigenvalue weighted by Gasteiger charge is -2.28. The lowest BCUT2D eigenvalue weighted by Crippen LogP contribution is -2.43. The Morgan fingerprint density at radius 3 is 1.54 bits per heavy atom. The number of hydrogen-bond donors (Lipinski definition) is 3. The summed E-state index contributed by atoms with van der Waals surface area (Å²) in [5.74, 6) is 0. The van der Waals surface area contributed by atoms with Crippen molar-refractivity contribution in [2.75, 3.05) is 6.61 Å². The third-order valence-corrected chi connectivity index (χ3v) is 5.79. The highest BCUT2D eigenvalue weighted by Crippen LogP contribution is 2.20. The van der Waals surface area contributed by atoms with Gasteiger partial charge in [0.15, 0.2) is 0 Å². The second-order valence-electron chi connectivity index (χ2n) is 8.59. The van der Waals surface area contributed by atoms with Crippen molar-refractivity contribution in [3.63, 3.8) is 0 Å². The maximum atomic E-state index is 10.4. The van der Waals surface area contributed by atoms with Gasteiger partial charge in [-0.05, 0) is 12.8 Å². The molecule has 168 valence electrons. The van der Waals surface area contributed by atoms with E-state index in [1.54, 1.807) is 6.08 Å². The second kappa shape index (κ2) is 19.9. The van der Waals surface area contributed by atoms with E-state index in [9.17, 15) is 15.3 Å². The van der Waals surface area contributed by atoms with Gasteiger partial charge in [0, 0.05) is 0 Å². The highest BCUT2D eigenvalue weighted by molar-refractivity contribution is 5.05. The van der Waals surface area contributed by atoms with Gasteiger partial charge in [0.25, 0.3) is 0 Å². The van der Waals surface area contributed by atoms with Crippen molar-refractivity contribution >= 4 is 0 Å². The van der Waals surface area contributed by atoms with Gasteiger partial charge in [-0.15, -0.1) is 0 Å². The number of aliphatic hydroxyl groups is 3. The average molecular weight is 399 g/mol. The van der Waals surface area contributed by atoms with Gasteiger partial charge in [0.1, 0.15) is 5.60 Å². The molecule has 0 spiro atoms. The summed E-state index contributed by atoms with van der Waals surface area (Å²) in [7, 11) is 0. The molecule has 3 N–H and O–H groups in total. The standard InChI is InChI=1S/C25H50O3/c1-3-5-7-9-10-11-12-13-14-15-16-17-18-19-21-24(27)25(28,23-26)22-20-8-6-4-2/h20,22,24,26-28H,3-19,21,23H2,1-2H3/t24-,25?/m1/s1. The monoisotopic (exact) mass is 398 g/mol. The molecular weight excluding hydrogens is 348 g/mol. The van der Waals surface area contributed by atoms with Gasteiger partial charge < -0.3 is 15.3 Å². The summed E-state index contributed by atoms with van der Waals surface area (Å²) >= 11 is 0. The Morgan fingerprint density at radius 2 is 1.11 bits per heavy atom. The van der Waals surface area contributed by atoms with Gasteiger partial charge >= 0.3 is 0 Å². The number of allylic oxidation sites excluding steroid dienone is 1. The Hall–Kier alpha value is -0.380. The molecule has 0 aliphatic rings. The third-order valence-electron chi connectivity index (χ3n) is 5.79. The van der Waals surface area contributed by atoms with Crippen molar-refractivity contribution in [1.82, 2.24) is 0 Å². The second-order valence-corrected chi connectivity index (χ2v) is 8.59. The maximum absolute atomic E-state index is 10.4. The van der Waals surface area contributed by atoms with Gasteiger partial charge in [0.2, 0.25) is 0 Å². The van der Waals surface area contributed by atoms with E-state index in [2.05, 4.69) is 13.8 Å². The van der Waals surface area contributed by atoms with E-state index < -0.39 is 18.3 Å². The summed E-state index contributed by atoms with van der Waals surface area (Å²) in [6.45, 7) is 3.97. The minimum atomic E-state index is -1.48. The Morgan fingerprint density at radius 1 is 0.679 bits per heavy atom. The number of hydrogen-bond acceptors (Lipinski definition) is 3. The zero-order valence-corrected chi connectivity index (χ0v) is 19.0. The van der Waals surface area contributed by atoms with Gasteiger partial charge in [-0.2, -0.15) is 0 Å². The highest BCUT2D eigenvalue weighted by Gasteiger charge is 2.31. The zero-order valence-electron chi connectivity index (χ0n) is 19.0. The molecule has 0 amide bonds.